The molecule has 2 aromatic rings. The van der Waals surface area contributed by atoms with Crippen LogP contribution in [0.4, 0.5) is 0 Å². The van der Waals surface area contributed by atoms with Crippen LogP contribution >= 0.6 is 0 Å². The maximum absolute atomic E-state index is 6.11. The van der Waals surface area contributed by atoms with E-state index in [9.17, 15) is 0 Å². The standard InChI is InChI=1S/C14H19N3O/c1-3-7-10(2)13-16-17-14(18-13)12(15)11-8-5-4-6-9-11/h4-6,8-10,12H,3,7,15H2,1-2H3. The van der Waals surface area contributed by atoms with Gasteiger partial charge in [-0.1, -0.05) is 50.6 Å². The number of rotatable bonds is 5. The van der Waals surface area contributed by atoms with Crippen LogP contribution < -0.4 is 5.73 Å². The molecule has 2 unspecified atom stereocenters. The van der Waals surface area contributed by atoms with E-state index in [1.54, 1.807) is 0 Å². The first-order valence-electron chi connectivity index (χ1n) is 6.36. The van der Waals surface area contributed by atoms with Gasteiger partial charge in [0.05, 0.1) is 0 Å². The third kappa shape index (κ3) is 2.76. The zero-order chi connectivity index (χ0) is 13.0. The van der Waals surface area contributed by atoms with Gasteiger partial charge in [-0.25, -0.2) is 0 Å². The van der Waals surface area contributed by atoms with Gasteiger partial charge in [-0.05, 0) is 12.0 Å². The highest BCUT2D eigenvalue weighted by Crippen LogP contribution is 2.23. The fraction of sp³-hybridized carbons (Fsp3) is 0.429. The van der Waals surface area contributed by atoms with E-state index in [1.165, 1.54) is 0 Å². The second-order valence-electron chi connectivity index (χ2n) is 4.56. The molecule has 0 amide bonds. The average Bonchev–Trinajstić information content (AvgIpc) is 2.89. The third-order valence-electron chi connectivity index (χ3n) is 3.02. The summed E-state index contributed by atoms with van der Waals surface area (Å²) in [7, 11) is 0. The van der Waals surface area contributed by atoms with Crippen molar-refractivity contribution in [2.24, 2.45) is 5.73 Å². The van der Waals surface area contributed by atoms with Gasteiger partial charge in [-0.2, -0.15) is 0 Å². The quantitative estimate of drug-likeness (QED) is 0.879. The van der Waals surface area contributed by atoms with E-state index < -0.39 is 0 Å². The maximum atomic E-state index is 6.11. The van der Waals surface area contributed by atoms with Crippen LogP contribution in [0.1, 0.15) is 56.0 Å². The van der Waals surface area contributed by atoms with Gasteiger partial charge in [0.15, 0.2) is 0 Å². The smallest absolute Gasteiger partial charge is 0.237 e. The molecule has 0 fully saturated rings. The van der Waals surface area contributed by atoms with E-state index in [-0.39, 0.29) is 6.04 Å². The predicted octanol–water partition coefficient (Wildman–Crippen LogP) is 3.02. The molecule has 0 aliphatic heterocycles. The van der Waals surface area contributed by atoms with Crippen molar-refractivity contribution in [1.29, 1.82) is 0 Å². The first kappa shape index (κ1) is 12.8. The second kappa shape index (κ2) is 5.78. The largest absolute Gasteiger partial charge is 0.423 e. The number of nitrogens with zero attached hydrogens (tertiary/aromatic N) is 2. The van der Waals surface area contributed by atoms with E-state index in [4.69, 9.17) is 10.2 Å². The molecule has 0 saturated heterocycles. The zero-order valence-electron chi connectivity index (χ0n) is 10.8. The molecule has 18 heavy (non-hydrogen) atoms. The van der Waals surface area contributed by atoms with Gasteiger partial charge >= 0.3 is 0 Å². The van der Waals surface area contributed by atoms with Crippen molar-refractivity contribution in [3.8, 4) is 0 Å². The first-order chi connectivity index (χ1) is 8.72. The fourth-order valence-corrected chi connectivity index (χ4v) is 1.93. The topological polar surface area (TPSA) is 64.9 Å². The molecule has 4 heteroatoms. The van der Waals surface area contributed by atoms with Crippen LogP contribution in [-0.2, 0) is 0 Å². The van der Waals surface area contributed by atoms with E-state index >= 15 is 0 Å². The first-order valence-corrected chi connectivity index (χ1v) is 6.36. The highest BCUT2D eigenvalue weighted by molar-refractivity contribution is 5.22. The SMILES string of the molecule is CCCC(C)c1nnc(C(N)c2ccccc2)o1. The molecule has 2 rings (SSSR count). The highest BCUT2D eigenvalue weighted by Gasteiger charge is 2.18. The maximum Gasteiger partial charge on any atom is 0.237 e. The van der Waals surface area contributed by atoms with Crippen molar-refractivity contribution in [3.63, 3.8) is 0 Å². The number of aromatic nitrogens is 2. The summed E-state index contributed by atoms with van der Waals surface area (Å²) < 4.78 is 5.67. The molecule has 1 aromatic heterocycles. The molecule has 0 radical (unpaired) electrons. The molecule has 4 nitrogen and oxygen atoms in total. The van der Waals surface area contributed by atoms with Gasteiger partial charge in [0.2, 0.25) is 11.8 Å². The lowest BCUT2D eigenvalue weighted by atomic mass is 10.1. The van der Waals surface area contributed by atoms with Crippen LogP contribution in [0.2, 0.25) is 0 Å². The minimum absolute atomic E-state index is 0.291. The van der Waals surface area contributed by atoms with Gasteiger partial charge < -0.3 is 10.2 Å². The Morgan fingerprint density at radius 2 is 1.83 bits per heavy atom. The molecule has 2 N–H and O–H groups in total. The third-order valence-corrected chi connectivity index (χ3v) is 3.02. The van der Waals surface area contributed by atoms with Crippen LogP contribution in [0.5, 0.6) is 0 Å². The lowest BCUT2D eigenvalue weighted by Gasteiger charge is -2.07. The Labute approximate surface area is 107 Å². The van der Waals surface area contributed by atoms with Gasteiger partial charge in [0.25, 0.3) is 0 Å². The second-order valence-corrected chi connectivity index (χ2v) is 4.56. The van der Waals surface area contributed by atoms with E-state index in [1.807, 2.05) is 30.3 Å². The molecule has 0 saturated carbocycles. The number of nitrogens with two attached hydrogens (primary N) is 1. The summed E-state index contributed by atoms with van der Waals surface area (Å²) in [6.07, 6.45) is 2.14. The average molecular weight is 245 g/mol. The van der Waals surface area contributed by atoms with Crippen molar-refractivity contribution in [3.05, 3.63) is 47.7 Å². The van der Waals surface area contributed by atoms with Crippen molar-refractivity contribution >= 4 is 0 Å². The summed E-state index contributed by atoms with van der Waals surface area (Å²) in [6, 6.07) is 9.44. The Balaban J connectivity index is 2.15. The Bertz CT molecular complexity index is 481. The van der Waals surface area contributed by atoms with Crippen molar-refractivity contribution in [1.82, 2.24) is 10.2 Å². The van der Waals surface area contributed by atoms with Gasteiger partial charge in [-0.3, -0.25) is 0 Å². The summed E-state index contributed by atoms with van der Waals surface area (Å²) in [5, 5.41) is 8.14. The molecule has 0 spiro atoms. The molecule has 1 aromatic carbocycles. The summed E-state index contributed by atoms with van der Waals surface area (Å²) in [4.78, 5) is 0. The van der Waals surface area contributed by atoms with Crippen LogP contribution in [-0.4, -0.2) is 10.2 Å². The Hall–Kier alpha value is -1.68. The molecule has 0 bridgehead atoms. The number of benzene rings is 1. The van der Waals surface area contributed by atoms with Gasteiger partial charge in [0.1, 0.15) is 6.04 Å². The van der Waals surface area contributed by atoms with E-state index in [0.29, 0.717) is 17.7 Å². The highest BCUT2D eigenvalue weighted by atomic mass is 16.4. The minimum atomic E-state index is -0.346. The van der Waals surface area contributed by atoms with Crippen LogP contribution in [0.3, 0.4) is 0 Å². The summed E-state index contributed by atoms with van der Waals surface area (Å²) in [5.41, 5.74) is 7.09. The van der Waals surface area contributed by atoms with Crippen LogP contribution in [0.25, 0.3) is 0 Å². The van der Waals surface area contributed by atoms with E-state index in [2.05, 4.69) is 24.0 Å². The van der Waals surface area contributed by atoms with Crippen molar-refractivity contribution in [2.75, 3.05) is 0 Å². The molecule has 0 aliphatic carbocycles. The van der Waals surface area contributed by atoms with E-state index in [0.717, 1.165) is 18.4 Å². The minimum Gasteiger partial charge on any atom is -0.423 e. The summed E-state index contributed by atoms with van der Waals surface area (Å²) in [6.45, 7) is 4.23. The number of hydrogen-bond acceptors (Lipinski definition) is 4. The molecule has 2 atom stereocenters. The van der Waals surface area contributed by atoms with Crippen molar-refractivity contribution < 1.29 is 4.42 Å². The van der Waals surface area contributed by atoms with Crippen LogP contribution in [0, 0.1) is 0 Å². The van der Waals surface area contributed by atoms with Gasteiger partial charge in [0, 0.05) is 5.92 Å². The molecular formula is C14H19N3O. The Morgan fingerprint density at radius 3 is 2.50 bits per heavy atom. The lowest BCUT2D eigenvalue weighted by molar-refractivity contribution is 0.403. The molecule has 1 heterocycles. The Morgan fingerprint density at radius 1 is 1.17 bits per heavy atom. The predicted molar refractivity (Wildman–Crippen MR) is 70.1 cm³/mol. The Kier molecular flexibility index (Phi) is 4.10. The van der Waals surface area contributed by atoms with Crippen LogP contribution in [0.15, 0.2) is 34.7 Å². The van der Waals surface area contributed by atoms with Gasteiger partial charge in [-0.15, -0.1) is 10.2 Å². The molecule has 96 valence electrons. The lowest BCUT2D eigenvalue weighted by Crippen LogP contribution is -2.12. The number of hydrogen-bond donors (Lipinski definition) is 1. The normalized spacial score (nSPS) is 14.4. The fourth-order valence-electron chi connectivity index (χ4n) is 1.93. The summed E-state index contributed by atoms with van der Waals surface area (Å²) >= 11 is 0. The zero-order valence-corrected chi connectivity index (χ0v) is 10.8. The van der Waals surface area contributed by atoms with Crippen molar-refractivity contribution in [2.45, 2.75) is 38.6 Å². The molecule has 0 aliphatic rings. The molecular weight excluding hydrogens is 226 g/mol. The summed E-state index contributed by atoms with van der Waals surface area (Å²) in [5.74, 6) is 1.46. The monoisotopic (exact) mass is 245 g/mol.